The summed E-state index contributed by atoms with van der Waals surface area (Å²) in [7, 11) is 0. The molecule has 0 spiro atoms. The van der Waals surface area contributed by atoms with E-state index in [1.165, 1.54) is 193 Å². The smallest absolute Gasteiger partial charge is 0.220 e. The van der Waals surface area contributed by atoms with E-state index in [2.05, 4.69) is 31.3 Å². The minimum atomic E-state index is -0.840. The number of carbonyl (C=O) groups is 1. The highest BCUT2D eigenvalue weighted by atomic mass is 16.3. The number of aliphatic hydroxyl groups is 2. The van der Waals surface area contributed by atoms with Gasteiger partial charge >= 0.3 is 0 Å². The first-order chi connectivity index (χ1) is 25.2. The van der Waals surface area contributed by atoms with Crippen LogP contribution in [-0.4, -0.2) is 34.9 Å². The molecule has 4 heteroatoms. The Bertz CT molecular complexity index is 735. The molecule has 0 fully saturated rings. The predicted molar refractivity (Wildman–Crippen MR) is 225 cm³/mol. The van der Waals surface area contributed by atoms with Gasteiger partial charge < -0.3 is 15.5 Å². The Morgan fingerprint density at radius 1 is 0.451 bits per heavy atom. The largest absolute Gasteiger partial charge is 0.394 e. The summed E-state index contributed by atoms with van der Waals surface area (Å²) in [5.74, 6) is -0.0717. The number of hydrogen-bond donors (Lipinski definition) is 3. The van der Waals surface area contributed by atoms with Gasteiger partial charge in [0.05, 0.1) is 18.8 Å². The average molecular weight is 718 g/mol. The highest BCUT2D eigenvalue weighted by Crippen LogP contribution is 2.16. The molecule has 2 atom stereocenters. The molecule has 0 heterocycles. The monoisotopic (exact) mass is 718 g/mol. The van der Waals surface area contributed by atoms with Gasteiger partial charge in [-0.1, -0.05) is 224 Å². The highest BCUT2D eigenvalue weighted by Gasteiger charge is 2.17. The molecule has 0 aliphatic carbocycles. The van der Waals surface area contributed by atoms with Gasteiger partial charge in [-0.3, -0.25) is 4.79 Å². The fraction of sp³-hybridized carbons (Fsp3) is 0.894. The number of nitrogens with one attached hydrogen (secondary N) is 1. The molecule has 0 aromatic heterocycles. The van der Waals surface area contributed by atoms with Crippen molar-refractivity contribution in [2.75, 3.05) is 6.61 Å². The Kier molecular flexibility index (Phi) is 42.3. The standard InChI is InChI=1S/C47H91NO3/c1-3-5-7-9-11-13-15-17-18-19-20-21-22-23-24-25-26-27-28-29-31-32-34-36-38-40-42-46(50)45(44-49)48-47(51)43-41-39-37-35-33-30-16-14-12-10-8-6-4-2/h14,16,40,42,45-46,49-50H,3-13,15,17-39,41,43-44H2,1-2H3,(H,48,51)/b16-14-,42-40+. The molecule has 3 N–H and O–H groups in total. The van der Waals surface area contributed by atoms with Crippen LogP contribution >= 0.6 is 0 Å². The lowest BCUT2D eigenvalue weighted by molar-refractivity contribution is -0.123. The van der Waals surface area contributed by atoms with Gasteiger partial charge in [-0.05, 0) is 44.9 Å². The first-order valence-electron chi connectivity index (χ1n) is 23.1. The average Bonchev–Trinajstić information content (AvgIpc) is 3.13. The molecule has 0 radical (unpaired) electrons. The van der Waals surface area contributed by atoms with Crippen molar-refractivity contribution >= 4 is 5.91 Å². The van der Waals surface area contributed by atoms with E-state index in [4.69, 9.17) is 0 Å². The van der Waals surface area contributed by atoms with Crippen molar-refractivity contribution in [3.05, 3.63) is 24.3 Å². The van der Waals surface area contributed by atoms with Gasteiger partial charge in [0.15, 0.2) is 0 Å². The van der Waals surface area contributed by atoms with Crippen LogP contribution in [0.25, 0.3) is 0 Å². The number of hydrogen-bond acceptors (Lipinski definition) is 3. The molecule has 0 bridgehead atoms. The van der Waals surface area contributed by atoms with Crippen LogP contribution in [0.2, 0.25) is 0 Å². The Hall–Kier alpha value is -1.13. The summed E-state index contributed by atoms with van der Waals surface area (Å²) in [6.07, 6.45) is 55.9. The van der Waals surface area contributed by atoms with Gasteiger partial charge in [-0.15, -0.1) is 0 Å². The van der Waals surface area contributed by atoms with Crippen LogP contribution in [0.1, 0.15) is 251 Å². The van der Waals surface area contributed by atoms with Gasteiger partial charge in [0.1, 0.15) is 0 Å². The lowest BCUT2D eigenvalue weighted by Crippen LogP contribution is -2.45. The normalized spacial score (nSPS) is 13.1. The topological polar surface area (TPSA) is 69.6 Å². The second kappa shape index (κ2) is 43.3. The third-order valence-electron chi connectivity index (χ3n) is 10.7. The Morgan fingerprint density at radius 3 is 1.10 bits per heavy atom. The Labute approximate surface area is 319 Å². The lowest BCUT2D eigenvalue weighted by atomic mass is 10.0. The molecule has 0 saturated heterocycles. The van der Waals surface area contributed by atoms with Crippen molar-refractivity contribution in [2.24, 2.45) is 0 Å². The van der Waals surface area contributed by atoms with E-state index in [1.54, 1.807) is 6.08 Å². The third-order valence-corrected chi connectivity index (χ3v) is 10.7. The third kappa shape index (κ3) is 39.9. The maximum absolute atomic E-state index is 12.3. The second-order valence-corrected chi connectivity index (χ2v) is 15.8. The van der Waals surface area contributed by atoms with E-state index in [9.17, 15) is 15.0 Å². The molecule has 302 valence electrons. The minimum absolute atomic E-state index is 0.0717. The van der Waals surface area contributed by atoms with E-state index in [1.807, 2.05) is 6.08 Å². The molecule has 0 aromatic rings. The van der Waals surface area contributed by atoms with Gasteiger partial charge in [0, 0.05) is 6.42 Å². The zero-order valence-corrected chi connectivity index (χ0v) is 34.6. The van der Waals surface area contributed by atoms with Crippen LogP contribution in [-0.2, 0) is 4.79 Å². The zero-order chi connectivity index (χ0) is 37.1. The number of aliphatic hydroxyl groups excluding tert-OH is 2. The first kappa shape index (κ1) is 49.9. The number of carbonyl (C=O) groups excluding carboxylic acids is 1. The lowest BCUT2D eigenvalue weighted by Gasteiger charge is -2.20. The van der Waals surface area contributed by atoms with Gasteiger partial charge in [0.25, 0.3) is 0 Å². The van der Waals surface area contributed by atoms with Crippen molar-refractivity contribution in [3.8, 4) is 0 Å². The minimum Gasteiger partial charge on any atom is -0.394 e. The molecule has 0 rings (SSSR count). The molecule has 0 aliphatic rings. The molecule has 2 unspecified atom stereocenters. The van der Waals surface area contributed by atoms with Crippen LogP contribution in [0, 0.1) is 0 Å². The fourth-order valence-corrected chi connectivity index (χ4v) is 7.11. The Morgan fingerprint density at radius 2 is 0.745 bits per heavy atom. The van der Waals surface area contributed by atoms with E-state index < -0.39 is 12.1 Å². The van der Waals surface area contributed by atoms with Crippen LogP contribution in [0.3, 0.4) is 0 Å². The number of rotatable bonds is 42. The summed E-state index contributed by atoms with van der Waals surface area (Å²) in [6, 6.07) is -0.623. The van der Waals surface area contributed by atoms with E-state index >= 15 is 0 Å². The van der Waals surface area contributed by atoms with Crippen molar-refractivity contribution < 1.29 is 15.0 Å². The zero-order valence-electron chi connectivity index (χ0n) is 34.6. The number of allylic oxidation sites excluding steroid dienone is 3. The maximum Gasteiger partial charge on any atom is 0.220 e. The van der Waals surface area contributed by atoms with Crippen molar-refractivity contribution in [3.63, 3.8) is 0 Å². The second-order valence-electron chi connectivity index (χ2n) is 15.8. The van der Waals surface area contributed by atoms with Gasteiger partial charge in [-0.25, -0.2) is 0 Å². The SMILES string of the molecule is CCCCCC/C=C\CCCCCCCC(=O)NC(CO)C(O)/C=C/CCCCCCCCCCCCCCCCCCCCCCCCCC. The quantitative estimate of drug-likeness (QED) is 0.0435. The molecule has 1 amide bonds. The van der Waals surface area contributed by atoms with Crippen LogP contribution in [0.15, 0.2) is 24.3 Å². The predicted octanol–water partition coefficient (Wildman–Crippen LogP) is 14.4. The molecule has 51 heavy (non-hydrogen) atoms. The van der Waals surface area contributed by atoms with Crippen molar-refractivity contribution in [1.82, 2.24) is 5.32 Å². The summed E-state index contributed by atoms with van der Waals surface area (Å²) >= 11 is 0. The summed E-state index contributed by atoms with van der Waals surface area (Å²) in [4.78, 5) is 12.3. The molecule has 0 aliphatic heterocycles. The molecule has 0 saturated carbocycles. The van der Waals surface area contributed by atoms with Gasteiger partial charge in [-0.2, -0.15) is 0 Å². The molecular formula is C47H91NO3. The number of unbranched alkanes of at least 4 members (excludes halogenated alkanes) is 33. The van der Waals surface area contributed by atoms with E-state index in [0.29, 0.717) is 6.42 Å². The maximum atomic E-state index is 12.3. The van der Waals surface area contributed by atoms with Crippen LogP contribution < -0.4 is 5.32 Å². The van der Waals surface area contributed by atoms with Crippen LogP contribution in [0.4, 0.5) is 0 Å². The van der Waals surface area contributed by atoms with Crippen LogP contribution in [0.5, 0.6) is 0 Å². The summed E-state index contributed by atoms with van der Waals surface area (Å²) in [6.45, 7) is 4.30. The summed E-state index contributed by atoms with van der Waals surface area (Å²) in [5.41, 5.74) is 0. The Balaban J connectivity index is 3.49. The van der Waals surface area contributed by atoms with Crippen molar-refractivity contribution in [2.45, 2.75) is 264 Å². The summed E-state index contributed by atoms with van der Waals surface area (Å²) < 4.78 is 0. The first-order valence-corrected chi connectivity index (χ1v) is 23.1. The molecule has 0 aromatic carbocycles. The van der Waals surface area contributed by atoms with Crippen molar-refractivity contribution in [1.29, 1.82) is 0 Å². The van der Waals surface area contributed by atoms with E-state index in [-0.39, 0.29) is 12.5 Å². The van der Waals surface area contributed by atoms with Gasteiger partial charge in [0.2, 0.25) is 5.91 Å². The molecule has 4 nitrogen and oxygen atoms in total. The number of amides is 1. The fourth-order valence-electron chi connectivity index (χ4n) is 7.11. The molecular weight excluding hydrogens is 627 g/mol. The van der Waals surface area contributed by atoms with E-state index in [0.717, 1.165) is 38.5 Å². The summed E-state index contributed by atoms with van der Waals surface area (Å²) in [5, 5.41) is 23.0. The highest BCUT2D eigenvalue weighted by molar-refractivity contribution is 5.76.